The Balaban J connectivity index is 1.36. The van der Waals surface area contributed by atoms with Crippen molar-refractivity contribution in [3.8, 4) is 0 Å². The van der Waals surface area contributed by atoms with Gasteiger partial charge >= 0.3 is 12.2 Å². The Bertz CT molecular complexity index is 1760. The number of anilines is 2. The molecule has 4 heterocycles. The SMILES string of the molecule is CCc1ncc(C2=C(c3nnc(N[C@H]4N=C(c5ccccc5)c5cccc(F)c5NC4=O)o3)N=C(C(F)(F)F)C2)cn1. The predicted octanol–water partition coefficient (Wildman–Crippen LogP) is 5.06. The standard InChI is InChI=1S/C28H20F4N8O2/c1-2-20-33-12-15(13-34-20)17-11-19(28(30,31)32)35-23(17)26-39-40-27(42-26)38-24-25(41)37-22-16(9-6-10-18(22)29)21(36-24)14-7-4-3-5-8-14/h3-10,12-13,24H,2,11H2,1H3,(H,37,41)(H,38,40)/t24-/m1/s1. The number of allylic oxidation sites excluding steroid dienone is 1. The number of aryl methyl sites for hydroxylation is 1. The minimum absolute atomic E-state index is 0.0494. The van der Waals surface area contributed by atoms with Crippen LogP contribution in [0.15, 0.2) is 75.3 Å². The summed E-state index contributed by atoms with van der Waals surface area (Å²) in [5.41, 5.74) is 0.480. The number of carbonyl (C=O) groups excluding carboxylic acids is 1. The molecule has 2 aliphatic rings. The van der Waals surface area contributed by atoms with Gasteiger partial charge in [0.15, 0.2) is 0 Å². The van der Waals surface area contributed by atoms with Crippen molar-refractivity contribution < 1.29 is 26.8 Å². The summed E-state index contributed by atoms with van der Waals surface area (Å²) in [6.45, 7) is 1.85. The van der Waals surface area contributed by atoms with Crippen molar-refractivity contribution in [3.63, 3.8) is 0 Å². The molecule has 42 heavy (non-hydrogen) atoms. The summed E-state index contributed by atoms with van der Waals surface area (Å²) in [7, 11) is 0. The van der Waals surface area contributed by atoms with E-state index in [-0.39, 0.29) is 28.9 Å². The number of aliphatic imine (C=N–C) groups is 2. The normalized spacial score (nSPS) is 16.9. The molecule has 14 heteroatoms. The summed E-state index contributed by atoms with van der Waals surface area (Å²) < 4.78 is 61.2. The van der Waals surface area contributed by atoms with Gasteiger partial charge in [-0.1, -0.05) is 54.5 Å². The van der Waals surface area contributed by atoms with Crippen molar-refractivity contribution in [2.45, 2.75) is 32.1 Å². The number of hydrogen-bond acceptors (Lipinski definition) is 9. The zero-order valence-electron chi connectivity index (χ0n) is 21.8. The smallest absolute Gasteiger partial charge is 0.402 e. The second kappa shape index (κ2) is 10.6. The lowest BCUT2D eigenvalue weighted by molar-refractivity contribution is -0.116. The molecule has 0 unspecified atom stereocenters. The fourth-order valence-corrected chi connectivity index (χ4v) is 4.48. The predicted molar refractivity (Wildman–Crippen MR) is 145 cm³/mol. The number of benzodiazepines with no additional fused rings is 1. The molecule has 2 N–H and O–H groups in total. The summed E-state index contributed by atoms with van der Waals surface area (Å²) in [5, 5.41) is 13.0. The Morgan fingerprint density at radius 2 is 1.79 bits per heavy atom. The van der Waals surface area contributed by atoms with Gasteiger partial charge in [0.1, 0.15) is 23.1 Å². The third-order valence-electron chi connectivity index (χ3n) is 6.53. The summed E-state index contributed by atoms with van der Waals surface area (Å²) in [4.78, 5) is 29.7. The average molecular weight is 577 g/mol. The van der Waals surface area contributed by atoms with E-state index in [1.54, 1.807) is 36.4 Å². The Morgan fingerprint density at radius 1 is 1.02 bits per heavy atom. The van der Waals surface area contributed by atoms with Crippen LogP contribution in [0, 0.1) is 5.82 Å². The van der Waals surface area contributed by atoms with Crippen molar-refractivity contribution in [2.75, 3.05) is 10.6 Å². The molecule has 1 amide bonds. The highest BCUT2D eigenvalue weighted by molar-refractivity contribution is 6.20. The van der Waals surface area contributed by atoms with E-state index in [1.807, 2.05) is 6.92 Å². The third kappa shape index (κ3) is 5.13. The van der Waals surface area contributed by atoms with E-state index in [2.05, 4.69) is 40.8 Å². The number of rotatable bonds is 6. The van der Waals surface area contributed by atoms with Crippen LogP contribution in [0.3, 0.4) is 0 Å². The van der Waals surface area contributed by atoms with E-state index >= 15 is 0 Å². The molecule has 0 aliphatic carbocycles. The largest absolute Gasteiger partial charge is 0.429 e. The molecule has 2 aromatic carbocycles. The molecular weight excluding hydrogens is 556 g/mol. The van der Waals surface area contributed by atoms with E-state index in [9.17, 15) is 22.4 Å². The van der Waals surface area contributed by atoms with Crippen LogP contribution >= 0.6 is 0 Å². The highest BCUT2D eigenvalue weighted by Crippen LogP contribution is 2.39. The molecule has 4 aromatic rings. The number of fused-ring (bicyclic) bond motifs is 1. The summed E-state index contributed by atoms with van der Waals surface area (Å²) in [6, 6.07) is 12.9. The molecule has 0 radical (unpaired) electrons. The third-order valence-corrected chi connectivity index (χ3v) is 6.53. The van der Waals surface area contributed by atoms with Crippen LogP contribution < -0.4 is 10.6 Å². The Labute approximate surface area is 235 Å². The molecule has 0 saturated heterocycles. The van der Waals surface area contributed by atoms with Gasteiger partial charge < -0.3 is 15.1 Å². The molecule has 2 aliphatic heterocycles. The number of halogens is 4. The van der Waals surface area contributed by atoms with E-state index in [0.717, 1.165) is 0 Å². The lowest BCUT2D eigenvalue weighted by atomic mass is 10.0. The molecule has 0 spiro atoms. The number of aromatic nitrogens is 4. The van der Waals surface area contributed by atoms with Crippen LogP contribution in [0.1, 0.15) is 41.8 Å². The second-order valence-electron chi connectivity index (χ2n) is 9.26. The molecular formula is C28H20F4N8O2. The van der Waals surface area contributed by atoms with Gasteiger partial charge in [-0.15, -0.1) is 5.10 Å². The van der Waals surface area contributed by atoms with Crippen LogP contribution in [0.25, 0.3) is 11.3 Å². The fourth-order valence-electron chi connectivity index (χ4n) is 4.48. The van der Waals surface area contributed by atoms with E-state index in [1.165, 1.54) is 24.5 Å². The van der Waals surface area contributed by atoms with Gasteiger partial charge in [0.05, 0.1) is 11.4 Å². The number of nitrogens with one attached hydrogen (secondary N) is 2. The van der Waals surface area contributed by atoms with Crippen molar-refractivity contribution in [2.24, 2.45) is 9.98 Å². The molecule has 1 atom stereocenters. The van der Waals surface area contributed by atoms with Crippen molar-refractivity contribution in [1.82, 2.24) is 20.2 Å². The monoisotopic (exact) mass is 576 g/mol. The molecule has 0 saturated carbocycles. The zero-order valence-corrected chi connectivity index (χ0v) is 21.8. The van der Waals surface area contributed by atoms with Gasteiger partial charge in [0.2, 0.25) is 6.17 Å². The van der Waals surface area contributed by atoms with E-state index in [0.29, 0.717) is 34.6 Å². The van der Waals surface area contributed by atoms with Crippen molar-refractivity contribution in [1.29, 1.82) is 0 Å². The van der Waals surface area contributed by atoms with Crippen LogP contribution in [-0.2, 0) is 11.2 Å². The molecule has 2 aromatic heterocycles. The van der Waals surface area contributed by atoms with Crippen molar-refractivity contribution >= 4 is 40.3 Å². The Hall–Kier alpha value is -5.27. The van der Waals surface area contributed by atoms with Crippen LogP contribution in [0.4, 0.5) is 29.3 Å². The number of benzene rings is 2. The van der Waals surface area contributed by atoms with Gasteiger partial charge in [-0.3, -0.25) is 4.79 Å². The Kier molecular flexibility index (Phi) is 6.80. The van der Waals surface area contributed by atoms with Gasteiger partial charge in [-0.25, -0.2) is 24.3 Å². The lowest BCUT2D eigenvalue weighted by Gasteiger charge is -2.11. The Morgan fingerprint density at radius 3 is 2.50 bits per heavy atom. The maximum absolute atomic E-state index is 14.7. The van der Waals surface area contributed by atoms with Gasteiger partial charge in [-0.05, 0) is 11.6 Å². The number of amides is 1. The molecule has 6 rings (SSSR count). The quantitative estimate of drug-likeness (QED) is 0.307. The first-order valence-electron chi connectivity index (χ1n) is 12.7. The second-order valence-corrected chi connectivity index (χ2v) is 9.26. The molecule has 0 bridgehead atoms. The highest BCUT2D eigenvalue weighted by atomic mass is 19.4. The van der Waals surface area contributed by atoms with Crippen LogP contribution in [-0.4, -0.2) is 49.8 Å². The first kappa shape index (κ1) is 26.9. The topological polar surface area (TPSA) is 131 Å². The van der Waals surface area contributed by atoms with Gasteiger partial charge in [0.25, 0.3) is 11.8 Å². The molecule has 212 valence electrons. The average Bonchev–Trinajstić information content (AvgIpc) is 3.61. The minimum atomic E-state index is -4.69. The molecule has 0 fully saturated rings. The first-order valence-corrected chi connectivity index (χ1v) is 12.7. The molecule has 10 nitrogen and oxygen atoms in total. The lowest BCUT2D eigenvalue weighted by Crippen LogP contribution is -2.32. The van der Waals surface area contributed by atoms with Gasteiger partial charge in [-0.2, -0.15) is 13.2 Å². The van der Waals surface area contributed by atoms with Crippen LogP contribution in [0.2, 0.25) is 0 Å². The minimum Gasteiger partial charge on any atom is -0.402 e. The number of nitrogens with zero attached hydrogens (tertiary/aromatic N) is 6. The highest BCUT2D eigenvalue weighted by Gasteiger charge is 2.41. The fraction of sp³-hybridized carbons (Fsp3) is 0.179. The number of para-hydroxylation sites is 1. The number of alkyl halides is 3. The van der Waals surface area contributed by atoms with E-state index in [4.69, 9.17) is 4.42 Å². The summed E-state index contributed by atoms with van der Waals surface area (Å²) >= 11 is 0. The van der Waals surface area contributed by atoms with Crippen LogP contribution in [0.5, 0.6) is 0 Å². The zero-order chi connectivity index (χ0) is 29.4. The first-order chi connectivity index (χ1) is 20.2. The summed E-state index contributed by atoms with van der Waals surface area (Å²) in [5.74, 6) is -1.17. The maximum atomic E-state index is 14.7. The number of carbonyl (C=O) groups is 1. The van der Waals surface area contributed by atoms with E-state index < -0.39 is 36.2 Å². The number of hydrogen-bond donors (Lipinski definition) is 2. The van der Waals surface area contributed by atoms with Crippen molar-refractivity contribution in [3.05, 3.63) is 95.1 Å². The van der Waals surface area contributed by atoms with Gasteiger partial charge in [0, 0.05) is 41.9 Å². The maximum Gasteiger partial charge on any atom is 0.429 e. The summed E-state index contributed by atoms with van der Waals surface area (Å²) in [6.07, 6.45) is -3.21.